The average Bonchev–Trinajstić information content (AvgIpc) is 2.73. The number of hydrogen-bond acceptors (Lipinski definition) is 3. The molecular formula is C10H10N2OS2. The number of thiophene rings is 1. The molecule has 0 aliphatic heterocycles. The van der Waals surface area contributed by atoms with Crippen LogP contribution in [-0.2, 0) is 0 Å². The first-order valence-electron chi connectivity index (χ1n) is 4.90. The van der Waals surface area contributed by atoms with Crippen molar-refractivity contribution in [3.05, 3.63) is 26.6 Å². The number of nitrogens with one attached hydrogen (secondary N) is 1. The van der Waals surface area contributed by atoms with Crippen LogP contribution in [0.4, 0.5) is 0 Å². The van der Waals surface area contributed by atoms with Gasteiger partial charge in [0.15, 0.2) is 4.77 Å². The summed E-state index contributed by atoms with van der Waals surface area (Å²) < 4.78 is 3.07. The van der Waals surface area contributed by atoms with Crippen LogP contribution in [0.25, 0.3) is 10.2 Å². The van der Waals surface area contributed by atoms with E-state index in [9.17, 15) is 4.79 Å². The Kier molecular flexibility index (Phi) is 1.87. The minimum atomic E-state index is 0.0677. The van der Waals surface area contributed by atoms with Gasteiger partial charge in [0.05, 0.1) is 5.52 Å². The lowest BCUT2D eigenvalue weighted by molar-refractivity contribution is 0.643. The molecule has 0 radical (unpaired) electrons. The highest BCUT2D eigenvalue weighted by molar-refractivity contribution is 7.71. The van der Waals surface area contributed by atoms with Crippen LogP contribution in [0, 0.1) is 10.7 Å². The van der Waals surface area contributed by atoms with Crippen molar-refractivity contribution in [3.8, 4) is 0 Å². The molecule has 0 bridgehead atoms. The SMILES string of the molecule is CC1CC1n1c(=S)[nH]c2ccsc2c1=O. The number of rotatable bonds is 1. The molecule has 1 N–H and O–H groups in total. The summed E-state index contributed by atoms with van der Waals surface area (Å²) in [7, 11) is 0. The summed E-state index contributed by atoms with van der Waals surface area (Å²) in [5.41, 5.74) is 0.928. The zero-order chi connectivity index (χ0) is 10.6. The van der Waals surface area contributed by atoms with Gasteiger partial charge >= 0.3 is 0 Å². The van der Waals surface area contributed by atoms with Gasteiger partial charge in [0.1, 0.15) is 4.70 Å². The third-order valence-electron chi connectivity index (χ3n) is 2.94. The second kappa shape index (κ2) is 3.02. The fourth-order valence-corrected chi connectivity index (χ4v) is 3.03. The Morgan fingerprint density at radius 1 is 1.67 bits per heavy atom. The van der Waals surface area contributed by atoms with E-state index in [0.717, 1.165) is 16.6 Å². The first kappa shape index (κ1) is 9.30. The van der Waals surface area contributed by atoms with E-state index in [2.05, 4.69) is 11.9 Å². The predicted molar refractivity (Wildman–Crippen MR) is 64.1 cm³/mol. The summed E-state index contributed by atoms with van der Waals surface area (Å²) in [5.74, 6) is 0.579. The topological polar surface area (TPSA) is 37.8 Å². The van der Waals surface area contributed by atoms with Gasteiger partial charge in [0, 0.05) is 6.04 Å². The fourth-order valence-electron chi connectivity index (χ4n) is 1.91. The van der Waals surface area contributed by atoms with Gasteiger partial charge in [-0.25, -0.2) is 0 Å². The molecule has 0 amide bonds. The molecule has 78 valence electrons. The second-order valence-electron chi connectivity index (χ2n) is 4.05. The highest BCUT2D eigenvalue weighted by atomic mass is 32.1. The van der Waals surface area contributed by atoms with E-state index in [1.807, 2.05) is 11.4 Å². The molecule has 1 aliphatic carbocycles. The lowest BCUT2D eigenvalue weighted by atomic mass is 10.4. The predicted octanol–water partition coefficient (Wildman–Crippen LogP) is 2.70. The Hall–Kier alpha value is -0.940. The van der Waals surface area contributed by atoms with Crippen LogP contribution >= 0.6 is 23.6 Å². The molecule has 3 rings (SSSR count). The highest BCUT2D eigenvalue weighted by Crippen LogP contribution is 2.41. The quantitative estimate of drug-likeness (QED) is 0.776. The molecule has 2 unspecified atom stereocenters. The number of aromatic amines is 1. The van der Waals surface area contributed by atoms with Crippen LogP contribution in [0.2, 0.25) is 0 Å². The van der Waals surface area contributed by atoms with E-state index in [1.165, 1.54) is 11.3 Å². The van der Waals surface area contributed by atoms with Crippen molar-refractivity contribution in [1.29, 1.82) is 0 Å². The third kappa shape index (κ3) is 1.30. The second-order valence-corrected chi connectivity index (χ2v) is 5.35. The molecule has 1 saturated carbocycles. The molecule has 5 heteroatoms. The van der Waals surface area contributed by atoms with Gasteiger partial charge in [0.2, 0.25) is 0 Å². The number of H-pyrrole nitrogens is 1. The summed E-state index contributed by atoms with van der Waals surface area (Å²) in [4.78, 5) is 15.2. The largest absolute Gasteiger partial charge is 0.331 e. The van der Waals surface area contributed by atoms with E-state index in [1.54, 1.807) is 4.57 Å². The van der Waals surface area contributed by atoms with Crippen LogP contribution in [0.5, 0.6) is 0 Å². The first-order chi connectivity index (χ1) is 7.18. The van der Waals surface area contributed by atoms with E-state index >= 15 is 0 Å². The highest BCUT2D eigenvalue weighted by Gasteiger charge is 2.36. The molecule has 0 saturated heterocycles. The van der Waals surface area contributed by atoms with E-state index < -0.39 is 0 Å². The third-order valence-corrected chi connectivity index (χ3v) is 4.14. The summed E-state index contributed by atoms with van der Waals surface area (Å²) in [6.07, 6.45) is 1.06. The van der Waals surface area contributed by atoms with E-state index in [-0.39, 0.29) is 5.56 Å². The summed E-state index contributed by atoms with van der Waals surface area (Å²) in [6.45, 7) is 2.14. The van der Waals surface area contributed by atoms with Crippen molar-refractivity contribution in [2.45, 2.75) is 19.4 Å². The maximum absolute atomic E-state index is 12.1. The normalized spacial score (nSPS) is 24.6. The van der Waals surface area contributed by atoms with Crippen molar-refractivity contribution in [2.24, 2.45) is 5.92 Å². The lowest BCUT2D eigenvalue weighted by Crippen LogP contribution is -2.20. The standard InChI is InChI=1S/C10H10N2OS2/c1-5-4-7(5)12-9(13)8-6(2-3-15-8)11-10(12)14/h2-3,5,7H,4H2,1H3,(H,11,14). The van der Waals surface area contributed by atoms with Crippen LogP contribution in [0.3, 0.4) is 0 Å². The van der Waals surface area contributed by atoms with E-state index in [0.29, 0.717) is 16.7 Å². The van der Waals surface area contributed by atoms with Crippen LogP contribution in [-0.4, -0.2) is 9.55 Å². The summed E-state index contributed by atoms with van der Waals surface area (Å²) >= 11 is 6.69. The minimum Gasteiger partial charge on any atom is -0.331 e. The van der Waals surface area contributed by atoms with Crippen molar-refractivity contribution in [3.63, 3.8) is 0 Å². The molecule has 1 fully saturated rings. The Balaban J connectivity index is 2.38. The van der Waals surface area contributed by atoms with Crippen LogP contribution < -0.4 is 5.56 Å². The first-order valence-corrected chi connectivity index (χ1v) is 6.19. The molecular weight excluding hydrogens is 228 g/mol. The van der Waals surface area contributed by atoms with Crippen molar-refractivity contribution >= 4 is 33.8 Å². The summed E-state index contributed by atoms with van der Waals surface area (Å²) in [5, 5.41) is 1.91. The smallest absolute Gasteiger partial charge is 0.272 e. The van der Waals surface area contributed by atoms with Gasteiger partial charge in [-0.15, -0.1) is 11.3 Å². The number of nitrogens with zero attached hydrogens (tertiary/aromatic N) is 1. The summed E-state index contributed by atoms with van der Waals surface area (Å²) in [6, 6.07) is 2.21. The van der Waals surface area contributed by atoms with E-state index in [4.69, 9.17) is 12.2 Å². The minimum absolute atomic E-state index is 0.0677. The maximum Gasteiger partial charge on any atom is 0.272 e. The monoisotopic (exact) mass is 238 g/mol. The Morgan fingerprint density at radius 2 is 2.40 bits per heavy atom. The maximum atomic E-state index is 12.1. The molecule has 0 spiro atoms. The Morgan fingerprint density at radius 3 is 3.07 bits per heavy atom. The van der Waals surface area contributed by atoms with Gasteiger partial charge in [-0.05, 0) is 36.0 Å². The van der Waals surface area contributed by atoms with Gasteiger partial charge < -0.3 is 4.98 Å². The van der Waals surface area contributed by atoms with Gasteiger partial charge in [-0.1, -0.05) is 6.92 Å². The van der Waals surface area contributed by atoms with Crippen molar-refractivity contribution in [2.75, 3.05) is 0 Å². The van der Waals surface area contributed by atoms with Crippen molar-refractivity contribution in [1.82, 2.24) is 9.55 Å². The van der Waals surface area contributed by atoms with Gasteiger partial charge in [0.25, 0.3) is 5.56 Å². The molecule has 1 aliphatic rings. The molecule has 15 heavy (non-hydrogen) atoms. The number of fused-ring (bicyclic) bond motifs is 1. The lowest BCUT2D eigenvalue weighted by Gasteiger charge is -2.04. The molecule has 2 aromatic rings. The van der Waals surface area contributed by atoms with Gasteiger partial charge in [-0.2, -0.15) is 0 Å². The van der Waals surface area contributed by atoms with Gasteiger partial charge in [-0.3, -0.25) is 9.36 Å². The average molecular weight is 238 g/mol. The molecule has 2 heterocycles. The van der Waals surface area contributed by atoms with Crippen LogP contribution in [0.1, 0.15) is 19.4 Å². The molecule has 0 aromatic carbocycles. The number of hydrogen-bond donors (Lipinski definition) is 1. The fraction of sp³-hybridized carbons (Fsp3) is 0.400. The zero-order valence-corrected chi connectivity index (χ0v) is 9.82. The molecule has 2 atom stereocenters. The Bertz CT molecular complexity index is 637. The Labute approximate surface area is 95.4 Å². The van der Waals surface area contributed by atoms with Crippen molar-refractivity contribution < 1.29 is 0 Å². The van der Waals surface area contributed by atoms with Crippen LogP contribution in [0.15, 0.2) is 16.2 Å². The molecule has 2 aromatic heterocycles. The zero-order valence-electron chi connectivity index (χ0n) is 8.19. The molecule has 3 nitrogen and oxygen atoms in total. The number of aromatic nitrogens is 2.